The largest absolute Gasteiger partial charge is 0.316 e. The first-order valence-electron chi connectivity index (χ1n) is 4.53. The Bertz CT molecular complexity index is 291. The van der Waals surface area contributed by atoms with Crippen molar-refractivity contribution in [2.75, 3.05) is 13.1 Å². The fourth-order valence-corrected chi connectivity index (χ4v) is 1.63. The molecule has 0 aromatic carbocycles. The van der Waals surface area contributed by atoms with E-state index in [1.807, 2.05) is 0 Å². The lowest BCUT2D eigenvalue weighted by Gasteiger charge is -2.05. The summed E-state index contributed by atoms with van der Waals surface area (Å²) < 4.78 is 0. The number of ketones is 1. The van der Waals surface area contributed by atoms with Crippen LogP contribution in [0.15, 0.2) is 24.5 Å². The molecule has 0 aliphatic carbocycles. The van der Waals surface area contributed by atoms with Crippen molar-refractivity contribution in [1.29, 1.82) is 0 Å². The summed E-state index contributed by atoms with van der Waals surface area (Å²) in [5.74, 6) is 0.412. The van der Waals surface area contributed by atoms with Gasteiger partial charge in [-0.05, 0) is 25.1 Å². The number of carbonyl (C=O) groups excluding carboxylic acids is 1. The van der Waals surface area contributed by atoms with Crippen LogP contribution in [0.3, 0.4) is 0 Å². The molecule has 0 saturated carbocycles. The average molecular weight is 176 g/mol. The molecule has 1 aliphatic rings. The molecule has 2 rings (SSSR count). The summed E-state index contributed by atoms with van der Waals surface area (Å²) in [4.78, 5) is 15.7. The fraction of sp³-hybridized carbons (Fsp3) is 0.400. The molecule has 0 radical (unpaired) electrons. The second-order valence-electron chi connectivity index (χ2n) is 3.29. The van der Waals surface area contributed by atoms with Gasteiger partial charge in [0.1, 0.15) is 0 Å². The van der Waals surface area contributed by atoms with Crippen molar-refractivity contribution in [1.82, 2.24) is 10.3 Å². The lowest BCUT2D eigenvalue weighted by Crippen LogP contribution is -2.17. The number of carbonyl (C=O) groups is 1. The molecule has 0 unspecified atom stereocenters. The van der Waals surface area contributed by atoms with Crippen LogP contribution in [0.25, 0.3) is 0 Å². The Kier molecular flexibility index (Phi) is 2.36. The predicted molar refractivity (Wildman–Crippen MR) is 49.5 cm³/mol. The molecule has 3 nitrogen and oxygen atoms in total. The molecule has 13 heavy (non-hydrogen) atoms. The normalized spacial score (nSPS) is 21.7. The minimum atomic E-state index is 0.169. The van der Waals surface area contributed by atoms with Crippen LogP contribution >= 0.6 is 0 Å². The molecule has 1 atom stereocenters. The van der Waals surface area contributed by atoms with Crippen molar-refractivity contribution in [2.45, 2.75) is 6.42 Å². The van der Waals surface area contributed by atoms with E-state index in [1.165, 1.54) is 0 Å². The molecule has 1 aliphatic heterocycles. The van der Waals surface area contributed by atoms with Crippen LogP contribution in [0.5, 0.6) is 0 Å². The molecule has 1 aromatic rings. The fourth-order valence-electron chi connectivity index (χ4n) is 1.63. The summed E-state index contributed by atoms with van der Waals surface area (Å²) in [5, 5.41) is 3.19. The number of nitrogens with one attached hydrogen (secondary N) is 1. The Morgan fingerprint density at radius 3 is 2.85 bits per heavy atom. The maximum absolute atomic E-state index is 11.8. The van der Waals surface area contributed by atoms with E-state index in [1.54, 1.807) is 24.5 Å². The van der Waals surface area contributed by atoms with Crippen LogP contribution < -0.4 is 5.32 Å². The van der Waals surface area contributed by atoms with E-state index in [0.29, 0.717) is 0 Å². The molecule has 2 heterocycles. The number of Topliss-reactive ketones (excluding diaryl/α,β-unsaturated/α-hetero) is 1. The first kappa shape index (κ1) is 8.38. The highest BCUT2D eigenvalue weighted by Gasteiger charge is 2.22. The van der Waals surface area contributed by atoms with Gasteiger partial charge in [-0.2, -0.15) is 0 Å². The smallest absolute Gasteiger partial charge is 0.167 e. The Labute approximate surface area is 77.2 Å². The van der Waals surface area contributed by atoms with E-state index in [0.717, 1.165) is 25.1 Å². The summed E-state index contributed by atoms with van der Waals surface area (Å²) in [5.41, 5.74) is 0.781. The molecule has 0 spiro atoms. The highest BCUT2D eigenvalue weighted by molar-refractivity contribution is 5.98. The lowest BCUT2D eigenvalue weighted by molar-refractivity contribution is 0.0930. The zero-order valence-corrected chi connectivity index (χ0v) is 7.36. The molecular weight excluding hydrogens is 164 g/mol. The van der Waals surface area contributed by atoms with Gasteiger partial charge in [-0.3, -0.25) is 9.78 Å². The molecule has 1 N–H and O–H groups in total. The number of nitrogens with zero attached hydrogens (tertiary/aromatic N) is 1. The summed E-state index contributed by atoms with van der Waals surface area (Å²) in [6.45, 7) is 1.78. The first-order chi connectivity index (χ1) is 6.38. The Balaban J connectivity index is 2.13. The van der Waals surface area contributed by atoms with E-state index in [4.69, 9.17) is 0 Å². The summed E-state index contributed by atoms with van der Waals surface area (Å²) >= 11 is 0. The molecule has 1 aromatic heterocycles. The maximum Gasteiger partial charge on any atom is 0.167 e. The molecular formula is C10H12N2O. The van der Waals surface area contributed by atoms with Gasteiger partial charge in [0.25, 0.3) is 0 Å². The van der Waals surface area contributed by atoms with Gasteiger partial charge in [0.05, 0.1) is 0 Å². The van der Waals surface area contributed by atoms with Crippen molar-refractivity contribution >= 4 is 5.78 Å². The van der Waals surface area contributed by atoms with Gasteiger partial charge >= 0.3 is 0 Å². The van der Waals surface area contributed by atoms with Gasteiger partial charge in [-0.25, -0.2) is 0 Å². The molecule has 3 heteroatoms. The van der Waals surface area contributed by atoms with Crippen molar-refractivity contribution in [2.24, 2.45) is 5.92 Å². The van der Waals surface area contributed by atoms with Gasteiger partial charge in [0.15, 0.2) is 5.78 Å². The monoisotopic (exact) mass is 176 g/mol. The summed E-state index contributed by atoms with van der Waals surface area (Å²) in [6, 6.07) is 3.56. The molecule has 0 amide bonds. The second kappa shape index (κ2) is 3.66. The van der Waals surface area contributed by atoms with Gasteiger partial charge < -0.3 is 5.32 Å². The molecule has 68 valence electrons. The van der Waals surface area contributed by atoms with E-state index in [-0.39, 0.29) is 11.7 Å². The third kappa shape index (κ3) is 1.75. The zero-order chi connectivity index (χ0) is 9.10. The van der Waals surface area contributed by atoms with E-state index in [2.05, 4.69) is 10.3 Å². The number of hydrogen-bond donors (Lipinski definition) is 1. The van der Waals surface area contributed by atoms with Gasteiger partial charge in [0.2, 0.25) is 0 Å². The lowest BCUT2D eigenvalue weighted by atomic mass is 9.98. The third-order valence-electron chi connectivity index (χ3n) is 2.40. The van der Waals surface area contributed by atoms with Crippen molar-refractivity contribution < 1.29 is 4.79 Å². The van der Waals surface area contributed by atoms with Crippen LogP contribution in [0.1, 0.15) is 16.8 Å². The van der Waals surface area contributed by atoms with Crippen LogP contribution in [0.2, 0.25) is 0 Å². The average Bonchev–Trinajstić information content (AvgIpc) is 2.71. The Hall–Kier alpha value is -1.22. The van der Waals surface area contributed by atoms with E-state index in [9.17, 15) is 4.79 Å². The number of rotatable bonds is 2. The Morgan fingerprint density at radius 2 is 2.23 bits per heavy atom. The third-order valence-corrected chi connectivity index (χ3v) is 2.40. The Morgan fingerprint density at radius 1 is 1.46 bits per heavy atom. The zero-order valence-electron chi connectivity index (χ0n) is 7.36. The van der Waals surface area contributed by atoms with Crippen molar-refractivity contribution in [3.05, 3.63) is 30.1 Å². The molecule has 1 fully saturated rings. The summed E-state index contributed by atoms with van der Waals surface area (Å²) in [7, 11) is 0. The highest BCUT2D eigenvalue weighted by Crippen LogP contribution is 2.14. The maximum atomic E-state index is 11.8. The number of pyridine rings is 1. The predicted octanol–water partition coefficient (Wildman–Crippen LogP) is 0.874. The quantitative estimate of drug-likeness (QED) is 0.680. The van der Waals surface area contributed by atoms with Gasteiger partial charge in [-0.15, -0.1) is 0 Å². The van der Waals surface area contributed by atoms with Crippen LogP contribution in [-0.4, -0.2) is 23.9 Å². The van der Waals surface area contributed by atoms with E-state index >= 15 is 0 Å². The number of aromatic nitrogens is 1. The minimum absolute atomic E-state index is 0.169. The second-order valence-corrected chi connectivity index (χ2v) is 3.29. The topological polar surface area (TPSA) is 42.0 Å². The van der Waals surface area contributed by atoms with Crippen LogP contribution in [0.4, 0.5) is 0 Å². The minimum Gasteiger partial charge on any atom is -0.316 e. The molecule has 1 saturated heterocycles. The van der Waals surface area contributed by atoms with Gasteiger partial charge in [0, 0.05) is 30.4 Å². The van der Waals surface area contributed by atoms with Crippen LogP contribution in [0, 0.1) is 5.92 Å². The SMILES string of the molecule is O=C(c1ccncc1)[C@@H]1CCNC1. The van der Waals surface area contributed by atoms with E-state index < -0.39 is 0 Å². The van der Waals surface area contributed by atoms with Crippen molar-refractivity contribution in [3.63, 3.8) is 0 Å². The first-order valence-corrected chi connectivity index (χ1v) is 4.53. The summed E-state index contributed by atoms with van der Waals surface area (Å²) in [6.07, 6.45) is 4.28. The molecule has 0 bridgehead atoms. The van der Waals surface area contributed by atoms with Crippen LogP contribution in [-0.2, 0) is 0 Å². The highest BCUT2D eigenvalue weighted by atomic mass is 16.1. The standard InChI is InChI=1S/C10H12N2O/c13-10(9-3-6-12-7-9)8-1-4-11-5-2-8/h1-2,4-5,9,12H,3,6-7H2/t9-/m1/s1. The van der Waals surface area contributed by atoms with Gasteiger partial charge in [-0.1, -0.05) is 0 Å². The number of hydrogen-bond acceptors (Lipinski definition) is 3. The van der Waals surface area contributed by atoms with Crippen molar-refractivity contribution in [3.8, 4) is 0 Å².